The zero-order valence-corrected chi connectivity index (χ0v) is 19.3. The predicted octanol–water partition coefficient (Wildman–Crippen LogP) is 3.22. The highest BCUT2D eigenvalue weighted by Gasteiger charge is 2.21. The third-order valence-electron chi connectivity index (χ3n) is 4.27. The molecule has 0 aliphatic rings. The molecule has 2 aromatic rings. The number of aromatic nitrogens is 2. The van der Waals surface area contributed by atoms with Crippen LogP contribution in [0.25, 0.3) is 0 Å². The highest BCUT2D eigenvalue weighted by Crippen LogP contribution is 2.15. The van der Waals surface area contributed by atoms with E-state index in [0.717, 1.165) is 24.7 Å². The van der Waals surface area contributed by atoms with Crippen LogP contribution in [0.1, 0.15) is 45.0 Å². The fourth-order valence-corrected chi connectivity index (χ4v) is 2.83. The molecule has 0 aliphatic carbocycles. The molecule has 1 unspecified atom stereocenters. The van der Waals surface area contributed by atoms with Crippen molar-refractivity contribution in [2.24, 2.45) is 12.0 Å². The predicted molar refractivity (Wildman–Crippen MR) is 124 cm³/mol. The number of hydrogen-bond donors (Lipinski definition) is 3. The maximum Gasteiger partial charge on any atom is 0.191 e. The van der Waals surface area contributed by atoms with Crippen molar-refractivity contribution in [2.45, 2.75) is 45.8 Å². The zero-order valence-electron chi connectivity index (χ0n) is 17.0. The molecular formula is C20H33IN6. The first-order valence-electron chi connectivity index (χ1n) is 9.23. The lowest BCUT2D eigenvalue weighted by molar-refractivity contribution is 0.345. The van der Waals surface area contributed by atoms with Gasteiger partial charge < -0.3 is 16.0 Å². The van der Waals surface area contributed by atoms with Gasteiger partial charge in [0.25, 0.3) is 0 Å². The smallest absolute Gasteiger partial charge is 0.191 e. The molecule has 1 heterocycles. The molecule has 0 bridgehead atoms. The Morgan fingerprint density at radius 3 is 2.48 bits per heavy atom. The molecule has 0 fully saturated rings. The van der Waals surface area contributed by atoms with Gasteiger partial charge in [-0.1, -0.05) is 30.3 Å². The normalized spacial score (nSPS) is 13.0. The molecule has 0 saturated heterocycles. The van der Waals surface area contributed by atoms with Crippen LogP contribution in [0.2, 0.25) is 0 Å². The van der Waals surface area contributed by atoms with Crippen molar-refractivity contribution in [3.05, 3.63) is 53.9 Å². The minimum Gasteiger partial charge on any atom is -0.357 e. The van der Waals surface area contributed by atoms with Crippen molar-refractivity contribution < 1.29 is 0 Å². The van der Waals surface area contributed by atoms with Gasteiger partial charge in [0.15, 0.2) is 5.96 Å². The second kappa shape index (κ2) is 11.3. The molecule has 0 radical (unpaired) electrons. The van der Waals surface area contributed by atoms with Crippen LogP contribution >= 0.6 is 24.0 Å². The maximum atomic E-state index is 4.66. The number of aryl methyl sites for hydroxylation is 1. The molecule has 27 heavy (non-hydrogen) atoms. The molecule has 7 heteroatoms. The Bertz CT molecular complexity index is 696. The van der Waals surface area contributed by atoms with Crippen LogP contribution in [0.5, 0.6) is 0 Å². The molecule has 0 saturated carbocycles. The Kier molecular flexibility index (Phi) is 9.79. The van der Waals surface area contributed by atoms with Gasteiger partial charge in [-0.25, -0.2) is 4.99 Å². The number of hydrogen-bond acceptors (Lipinski definition) is 3. The molecule has 0 aliphatic heterocycles. The number of halogens is 1. The quantitative estimate of drug-likeness (QED) is 0.306. The van der Waals surface area contributed by atoms with E-state index in [-0.39, 0.29) is 35.6 Å². The van der Waals surface area contributed by atoms with Crippen molar-refractivity contribution in [1.82, 2.24) is 25.7 Å². The summed E-state index contributed by atoms with van der Waals surface area (Å²) in [6.07, 6.45) is 1.79. The largest absolute Gasteiger partial charge is 0.357 e. The Morgan fingerprint density at radius 1 is 1.19 bits per heavy atom. The van der Waals surface area contributed by atoms with E-state index >= 15 is 0 Å². The van der Waals surface area contributed by atoms with E-state index in [1.807, 2.05) is 23.9 Å². The molecule has 1 aromatic carbocycles. The van der Waals surface area contributed by atoms with E-state index in [0.29, 0.717) is 6.54 Å². The van der Waals surface area contributed by atoms with Gasteiger partial charge in [0.05, 0.1) is 12.2 Å². The number of rotatable bonds is 8. The number of benzene rings is 1. The summed E-state index contributed by atoms with van der Waals surface area (Å²) in [5, 5.41) is 14.6. The average molecular weight is 484 g/mol. The van der Waals surface area contributed by atoms with E-state index in [2.05, 4.69) is 78.0 Å². The molecule has 0 spiro atoms. The fourth-order valence-electron chi connectivity index (χ4n) is 2.83. The molecule has 1 aromatic heterocycles. The van der Waals surface area contributed by atoms with Crippen molar-refractivity contribution in [3.8, 4) is 0 Å². The number of guanidine groups is 1. The first-order chi connectivity index (χ1) is 12.4. The molecule has 3 N–H and O–H groups in total. The first kappa shape index (κ1) is 23.4. The second-order valence-corrected chi connectivity index (χ2v) is 7.16. The third-order valence-corrected chi connectivity index (χ3v) is 4.27. The number of nitrogens with zero attached hydrogens (tertiary/aromatic N) is 3. The van der Waals surface area contributed by atoms with Crippen LogP contribution in [0.3, 0.4) is 0 Å². The van der Waals surface area contributed by atoms with E-state index in [1.54, 1.807) is 6.20 Å². The van der Waals surface area contributed by atoms with Gasteiger partial charge in [0.1, 0.15) is 0 Å². The van der Waals surface area contributed by atoms with Gasteiger partial charge in [0.2, 0.25) is 0 Å². The Hall–Kier alpha value is -1.61. The van der Waals surface area contributed by atoms with Crippen LogP contribution in [0.4, 0.5) is 0 Å². The molecule has 0 amide bonds. The summed E-state index contributed by atoms with van der Waals surface area (Å²) >= 11 is 0. The molecule has 6 nitrogen and oxygen atoms in total. The van der Waals surface area contributed by atoms with Crippen molar-refractivity contribution in [1.29, 1.82) is 0 Å². The number of nitrogens with one attached hydrogen (secondary N) is 3. The molecule has 1 atom stereocenters. The van der Waals surface area contributed by atoms with Gasteiger partial charge in [-0.2, -0.15) is 5.10 Å². The van der Waals surface area contributed by atoms with Crippen LogP contribution in [-0.2, 0) is 13.6 Å². The lowest BCUT2D eigenvalue weighted by Gasteiger charge is -2.31. The Balaban J connectivity index is 0.00000364. The highest BCUT2D eigenvalue weighted by atomic mass is 127. The SMILES string of the molecule is CCNC(=NCc1ccnn1C)NCC(C)(C)NC(C)c1ccccc1.I. The topological polar surface area (TPSA) is 66.3 Å². The van der Waals surface area contributed by atoms with Crippen molar-refractivity contribution in [3.63, 3.8) is 0 Å². The summed E-state index contributed by atoms with van der Waals surface area (Å²) < 4.78 is 1.85. The third kappa shape index (κ3) is 7.88. The zero-order chi connectivity index (χ0) is 19.0. The van der Waals surface area contributed by atoms with Crippen LogP contribution in [0.15, 0.2) is 47.6 Å². The van der Waals surface area contributed by atoms with Gasteiger partial charge in [-0.15, -0.1) is 24.0 Å². The Labute approximate surface area is 180 Å². The van der Waals surface area contributed by atoms with Crippen molar-refractivity contribution in [2.75, 3.05) is 13.1 Å². The Morgan fingerprint density at radius 2 is 1.89 bits per heavy atom. The minimum atomic E-state index is -0.0853. The molecule has 150 valence electrons. The summed E-state index contributed by atoms with van der Waals surface area (Å²) in [4.78, 5) is 4.66. The average Bonchev–Trinajstić information content (AvgIpc) is 3.03. The van der Waals surface area contributed by atoms with Crippen LogP contribution < -0.4 is 16.0 Å². The summed E-state index contributed by atoms with van der Waals surface area (Å²) in [6.45, 7) is 10.8. The standard InChI is InChI=1S/C20H32N6.HI/c1-6-21-19(22-14-18-12-13-24-26(18)5)23-15-20(3,4)25-16(2)17-10-8-7-9-11-17;/h7-13,16,25H,6,14-15H2,1-5H3,(H2,21,22,23);1H. The monoisotopic (exact) mass is 484 g/mol. The summed E-state index contributed by atoms with van der Waals surface area (Å²) in [5.41, 5.74) is 2.28. The highest BCUT2D eigenvalue weighted by molar-refractivity contribution is 14.0. The number of aliphatic imine (C=N–C) groups is 1. The minimum absolute atomic E-state index is 0. The van der Waals surface area contributed by atoms with E-state index in [1.165, 1.54) is 5.56 Å². The van der Waals surface area contributed by atoms with Gasteiger partial charge >= 0.3 is 0 Å². The van der Waals surface area contributed by atoms with Crippen molar-refractivity contribution >= 4 is 29.9 Å². The second-order valence-electron chi connectivity index (χ2n) is 7.16. The summed E-state index contributed by atoms with van der Waals surface area (Å²) in [7, 11) is 1.93. The van der Waals surface area contributed by atoms with Crippen LogP contribution in [0, 0.1) is 0 Å². The van der Waals surface area contributed by atoms with Gasteiger partial charge in [0, 0.05) is 37.9 Å². The fraction of sp³-hybridized carbons (Fsp3) is 0.500. The van der Waals surface area contributed by atoms with Crippen LogP contribution in [-0.4, -0.2) is 34.4 Å². The van der Waals surface area contributed by atoms with Gasteiger partial charge in [-0.3, -0.25) is 4.68 Å². The van der Waals surface area contributed by atoms with E-state index in [9.17, 15) is 0 Å². The van der Waals surface area contributed by atoms with E-state index in [4.69, 9.17) is 0 Å². The van der Waals surface area contributed by atoms with E-state index < -0.39 is 0 Å². The first-order valence-corrected chi connectivity index (χ1v) is 9.23. The molecular weight excluding hydrogens is 451 g/mol. The summed E-state index contributed by atoms with van der Waals surface area (Å²) in [5.74, 6) is 0.816. The molecule has 2 rings (SSSR count). The lowest BCUT2D eigenvalue weighted by atomic mass is 10.0. The lowest BCUT2D eigenvalue weighted by Crippen LogP contribution is -2.52. The summed E-state index contributed by atoms with van der Waals surface area (Å²) in [6, 6.07) is 12.8. The maximum absolute atomic E-state index is 4.66. The van der Waals surface area contributed by atoms with Gasteiger partial charge in [-0.05, 0) is 39.3 Å².